The predicted molar refractivity (Wildman–Crippen MR) is 55.0 cm³/mol. The summed E-state index contributed by atoms with van der Waals surface area (Å²) < 4.78 is 0. The Hall–Kier alpha value is -1.46. The molecule has 1 aromatic carbocycles. The Morgan fingerprint density at radius 1 is 1.07 bits per heavy atom. The van der Waals surface area contributed by atoms with Crippen molar-refractivity contribution in [3.05, 3.63) is 17.7 Å². The molecule has 1 aliphatic rings. The van der Waals surface area contributed by atoms with E-state index >= 15 is 0 Å². The summed E-state index contributed by atoms with van der Waals surface area (Å²) in [6.45, 7) is 2.30. The Balaban J connectivity index is 2.33. The summed E-state index contributed by atoms with van der Waals surface area (Å²) in [5.41, 5.74) is 0.431. The van der Waals surface area contributed by atoms with Crippen LogP contribution in [-0.4, -0.2) is 35.0 Å². The molecule has 0 radical (unpaired) electrons. The monoisotopic (exact) mass is 210 g/mol. The van der Waals surface area contributed by atoms with Crippen molar-refractivity contribution < 1.29 is 15.3 Å². The van der Waals surface area contributed by atoms with Gasteiger partial charge in [-0.25, -0.2) is 0 Å². The summed E-state index contributed by atoms with van der Waals surface area (Å²) in [7, 11) is 0. The average Bonchev–Trinajstić information content (AvgIpc) is 2.17. The largest absolute Gasteiger partial charge is 0.508 e. The topological polar surface area (TPSA) is 84.8 Å². The molecule has 0 bridgehead atoms. The van der Waals surface area contributed by atoms with Gasteiger partial charge in [0, 0.05) is 31.8 Å². The summed E-state index contributed by atoms with van der Waals surface area (Å²) in [5, 5.41) is 34.8. The maximum absolute atomic E-state index is 9.64. The normalized spacial score (nSPS) is 21.5. The van der Waals surface area contributed by atoms with Gasteiger partial charge in [-0.1, -0.05) is 0 Å². The summed E-state index contributed by atoms with van der Waals surface area (Å²) >= 11 is 0. The van der Waals surface area contributed by atoms with Crippen molar-refractivity contribution in [3.8, 4) is 17.2 Å². The lowest BCUT2D eigenvalue weighted by molar-refractivity contribution is 0.375. The van der Waals surface area contributed by atoms with E-state index in [0.717, 1.165) is 13.1 Å². The molecule has 1 aliphatic heterocycles. The van der Waals surface area contributed by atoms with Crippen LogP contribution in [-0.2, 0) is 0 Å². The van der Waals surface area contributed by atoms with Crippen LogP contribution in [0.4, 0.5) is 0 Å². The molecular formula is C10H14N2O3. The second kappa shape index (κ2) is 3.96. The van der Waals surface area contributed by atoms with Crippen molar-refractivity contribution in [1.29, 1.82) is 0 Å². The summed E-state index contributed by atoms with van der Waals surface area (Å²) in [6.07, 6.45) is 0. The molecule has 0 aromatic heterocycles. The summed E-state index contributed by atoms with van der Waals surface area (Å²) in [5.74, 6) is -0.320. The minimum Gasteiger partial charge on any atom is -0.508 e. The zero-order valence-electron chi connectivity index (χ0n) is 8.20. The van der Waals surface area contributed by atoms with E-state index in [0.29, 0.717) is 12.1 Å². The van der Waals surface area contributed by atoms with Crippen LogP contribution in [0.5, 0.6) is 17.2 Å². The number of hydrogen-bond donors (Lipinski definition) is 5. The van der Waals surface area contributed by atoms with Crippen LogP contribution < -0.4 is 10.6 Å². The second-order valence-corrected chi connectivity index (χ2v) is 3.61. The SMILES string of the molecule is Oc1cc(O)c([C@@H]2CNCCN2)c(O)c1. The Labute approximate surface area is 87.4 Å². The lowest BCUT2D eigenvalue weighted by atomic mass is 10.0. The molecule has 1 atom stereocenters. The lowest BCUT2D eigenvalue weighted by Gasteiger charge is -2.26. The standard InChI is InChI=1S/C10H14N2O3/c13-6-3-8(14)10(9(15)4-6)7-5-11-1-2-12-7/h3-4,7,11-15H,1-2,5H2/t7-/m0/s1. The van der Waals surface area contributed by atoms with Crippen molar-refractivity contribution in [3.63, 3.8) is 0 Å². The molecule has 5 N–H and O–H groups in total. The maximum Gasteiger partial charge on any atom is 0.127 e. The molecule has 5 heteroatoms. The Morgan fingerprint density at radius 2 is 1.73 bits per heavy atom. The smallest absolute Gasteiger partial charge is 0.127 e. The third-order valence-corrected chi connectivity index (χ3v) is 2.51. The lowest BCUT2D eigenvalue weighted by Crippen LogP contribution is -2.42. The fourth-order valence-corrected chi connectivity index (χ4v) is 1.82. The second-order valence-electron chi connectivity index (χ2n) is 3.61. The van der Waals surface area contributed by atoms with E-state index in [-0.39, 0.29) is 23.3 Å². The highest BCUT2D eigenvalue weighted by Gasteiger charge is 2.21. The van der Waals surface area contributed by atoms with Gasteiger partial charge in [0.25, 0.3) is 0 Å². The molecule has 0 spiro atoms. The van der Waals surface area contributed by atoms with Crippen LogP contribution in [0.3, 0.4) is 0 Å². The number of rotatable bonds is 1. The first-order valence-corrected chi connectivity index (χ1v) is 4.87. The summed E-state index contributed by atoms with van der Waals surface area (Å²) in [4.78, 5) is 0. The molecule has 82 valence electrons. The van der Waals surface area contributed by atoms with Gasteiger partial charge in [0.2, 0.25) is 0 Å². The number of piperazine rings is 1. The number of aromatic hydroxyl groups is 3. The molecule has 15 heavy (non-hydrogen) atoms. The van der Waals surface area contributed by atoms with Gasteiger partial charge in [-0.05, 0) is 0 Å². The third kappa shape index (κ3) is 1.98. The molecule has 0 aliphatic carbocycles. The first kappa shape index (κ1) is 10.1. The zero-order chi connectivity index (χ0) is 10.8. The quantitative estimate of drug-likeness (QED) is 0.452. The van der Waals surface area contributed by atoms with Crippen molar-refractivity contribution in [2.24, 2.45) is 0 Å². The van der Waals surface area contributed by atoms with Crippen molar-refractivity contribution >= 4 is 0 Å². The van der Waals surface area contributed by atoms with Gasteiger partial charge in [0.1, 0.15) is 17.2 Å². The number of phenols is 3. The minimum atomic E-state index is -0.141. The van der Waals surface area contributed by atoms with Crippen LogP contribution in [0.1, 0.15) is 11.6 Å². The molecule has 1 aromatic rings. The van der Waals surface area contributed by atoms with E-state index in [1.54, 1.807) is 0 Å². The highest BCUT2D eigenvalue weighted by Crippen LogP contribution is 2.36. The van der Waals surface area contributed by atoms with E-state index in [2.05, 4.69) is 10.6 Å². The van der Waals surface area contributed by atoms with Crippen LogP contribution in [0.25, 0.3) is 0 Å². The predicted octanol–water partition coefficient (Wildman–Crippen LogP) is 0.0373. The Bertz CT molecular complexity index is 339. The molecule has 5 nitrogen and oxygen atoms in total. The fourth-order valence-electron chi connectivity index (χ4n) is 1.82. The number of benzene rings is 1. The maximum atomic E-state index is 9.64. The highest BCUT2D eigenvalue weighted by molar-refractivity contribution is 5.50. The molecule has 1 heterocycles. The molecule has 1 saturated heterocycles. The van der Waals surface area contributed by atoms with Crippen LogP contribution in [0.15, 0.2) is 12.1 Å². The minimum absolute atomic E-state index is 0.0892. The van der Waals surface area contributed by atoms with Crippen molar-refractivity contribution in [2.45, 2.75) is 6.04 Å². The highest BCUT2D eigenvalue weighted by atomic mass is 16.3. The zero-order valence-corrected chi connectivity index (χ0v) is 8.20. The van der Waals surface area contributed by atoms with Gasteiger partial charge >= 0.3 is 0 Å². The van der Waals surface area contributed by atoms with Gasteiger partial charge in [-0.2, -0.15) is 0 Å². The van der Waals surface area contributed by atoms with E-state index in [1.165, 1.54) is 12.1 Å². The molecule has 0 unspecified atom stereocenters. The van der Waals surface area contributed by atoms with Crippen molar-refractivity contribution in [2.75, 3.05) is 19.6 Å². The molecule has 0 saturated carbocycles. The van der Waals surface area contributed by atoms with Crippen molar-refractivity contribution in [1.82, 2.24) is 10.6 Å². The fraction of sp³-hybridized carbons (Fsp3) is 0.400. The average molecular weight is 210 g/mol. The van der Waals surface area contributed by atoms with Gasteiger partial charge in [-0.3, -0.25) is 0 Å². The number of nitrogens with one attached hydrogen (secondary N) is 2. The number of phenolic OH excluding ortho intramolecular Hbond substituents is 3. The molecule has 1 fully saturated rings. The summed E-state index contributed by atoms with van der Waals surface area (Å²) in [6, 6.07) is 2.33. The van der Waals surface area contributed by atoms with Gasteiger partial charge in [0.15, 0.2) is 0 Å². The van der Waals surface area contributed by atoms with E-state index < -0.39 is 0 Å². The van der Waals surface area contributed by atoms with Gasteiger partial charge < -0.3 is 26.0 Å². The molecule has 0 amide bonds. The van der Waals surface area contributed by atoms with Crippen LogP contribution in [0, 0.1) is 0 Å². The first-order chi connectivity index (χ1) is 7.18. The Morgan fingerprint density at radius 3 is 2.27 bits per heavy atom. The van der Waals surface area contributed by atoms with E-state index in [4.69, 9.17) is 5.11 Å². The Kier molecular flexibility index (Phi) is 2.66. The third-order valence-electron chi connectivity index (χ3n) is 2.51. The number of hydrogen-bond acceptors (Lipinski definition) is 5. The van der Waals surface area contributed by atoms with Crippen LogP contribution >= 0.6 is 0 Å². The van der Waals surface area contributed by atoms with E-state index in [1.807, 2.05) is 0 Å². The van der Waals surface area contributed by atoms with Gasteiger partial charge in [-0.15, -0.1) is 0 Å². The van der Waals surface area contributed by atoms with Gasteiger partial charge in [0.05, 0.1) is 11.6 Å². The van der Waals surface area contributed by atoms with E-state index in [9.17, 15) is 10.2 Å². The first-order valence-electron chi connectivity index (χ1n) is 4.87. The van der Waals surface area contributed by atoms with Crippen LogP contribution in [0.2, 0.25) is 0 Å². The molecular weight excluding hydrogens is 196 g/mol. The molecule has 2 rings (SSSR count).